The number of hydrogen-bond acceptors (Lipinski definition) is 2. The predicted molar refractivity (Wildman–Crippen MR) is 58.6 cm³/mol. The van der Waals surface area contributed by atoms with Gasteiger partial charge in [0.05, 0.1) is 0 Å². The van der Waals surface area contributed by atoms with E-state index in [1.807, 2.05) is 0 Å². The van der Waals surface area contributed by atoms with Crippen LogP contribution in [-0.2, 0) is 6.54 Å². The topological polar surface area (TPSA) is 90.1 Å². The maximum atomic E-state index is 11.1. The highest BCUT2D eigenvalue weighted by Crippen LogP contribution is 2.00. The van der Waals surface area contributed by atoms with Crippen LogP contribution >= 0.6 is 0 Å². The average Bonchev–Trinajstić information content (AvgIpc) is 2.25. The molecular formula is C11H16N3O2+. The molecule has 1 aromatic heterocycles. The number of hydrogen-bond donors (Lipinski definition) is 2. The predicted octanol–water partition coefficient (Wildman–Crippen LogP) is -0.0280. The summed E-state index contributed by atoms with van der Waals surface area (Å²) in [6.45, 7) is 2.80. The van der Waals surface area contributed by atoms with E-state index >= 15 is 0 Å². The van der Waals surface area contributed by atoms with Crippen LogP contribution in [0.5, 0.6) is 0 Å². The Kier molecular flexibility index (Phi) is 3.99. The van der Waals surface area contributed by atoms with Crippen LogP contribution in [0.2, 0.25) is 0 Å². The maximum Gasteiger partial charge on any atom is 0.254 e. The van der Waals surface area contributed by atoms with E-state index in [2.05, 4.69) is 6.92 Å². The van der Waals surface area contributed by atoms with Gasteiger partial charge in [0.2, 0.25) is 0 Å². The Balaban J connectivity index is 3.08. The van der Waals surface area contributed by atoms with Crippen molar-refractivity contribution in [2.24, 2.45) is 11.5 Å². The van der Waals surface area contributed by atoms with Crippen molar-refractivity contribution in [3.05, 3.63) is 29.6 Å². The van der Waals surface area contributed by atoms with Gasteiger partial charge in [-0.15, -0.1) is 0 Å². The number of unbranched alkanes of at least 4 members (excludes halogenated alkanes) is 1. The van der Waals surface area contributed by atoms with E-state index in [0.717, 1.165) is 19.4 Å². The second-order valence-electron chi connectivity index (χ2n) is 3.63. The Morgan fingerprint density at radius 3 is 2.06 bits per heavy atom. The highest BCUT2D eigenvalue weighted by molar-refractivity contribution is 5.97. The number of carbonyl (C=O) groups is 2. The van der Waals surface area contributed by atoms with Gasteiger partial charge in [0.25, 0.3) is 11.8 Å². The third-order valence-corrected chi connectivity index (χ3v) is 2.26. The second-order valence-corrected chi connectivity index (χ2v) is 3.63. The van der Waals surface area contributed by atoms with Gasteiger partial charge in [-0.25, -0.2) is 4.57 Å². The molecule has 5 nitrogen and oxygen atoms in total. The summed E-state index contributed by atoms with van der Waals surface area (Å²) in [5.74, 6) is -1.12. The van der Waals surface area contributed by atoms with Crippen LogP contribution in [0.25, 0.3) is 0 Å². The number of pyridine rings is 1. The van der Waals surface area contributed by atoms with Gasteiger partial charge in [0.1, 0.15) is 17.7 Å². The lowest BCUT2D eigenvalue weighted by molar-refractivity contribution is -0.697. The number of nitrogens with two attached hydrogens (primary N) is 2. The minimum atomic E-state index is -0.562. The average molecular weight is 222 g/mol. The van der Waals surface area contributed by atoms with Crippen molar-refractivity contribution < 1.29 is 14.2 Å². The molecule has 2 amide bonds. The van der Waals surface area contributed by atoms with Crippen molar-refractivity contribution in [2.75, 3.05) is 0 Å². The largest absolute Gasteiger partial charge is 0.365 e. The summed E-state index contributed by atoms with van der Waals surface area (Å²) >= 11 is 0. The number of aromatic nitrogens is 1. The van der Waals surface area contributed by atoms with Crippen LogP contribution in [0, 0.1) is 0 Å². The van der Waals surface area contributed by atoms with Crippen molar-refractivity contribution in [2.45, 2.75) is 26.3 Å². The molecule has 0 saturated carbocycles. The van der Waals surface area contributed by atoms with Gasteiger partial charge < -0.3 is 11.5 Å². The Morgan fingerprint density at radius 1 is 1.19 bits per heavy atom. The Bertz CT molecular complexity index is 383. The minimum absolute atomic E-state index is 0.299. The lowest BCUT2D eigenvalue weighted by Crippen LogP contribution is -2.36. The van der Waals surface area contributed by atoms with Crippen molar-refractivity contribution in [3.8, 4) is 0 Å². The standard InChI is InChI=1S/C11H15N3O2/c1-2-3-4-14-6-8(10(12)15)5-9(7-14)11(13)16/h5-7H,2-4H2,1H3,(H3-,12,13,15,16)/p+1. The van der Waals surface area contributed by atoms with E-state index in [9.17, 15) is 9.59 Å². The van der Waals surface area contributed by atoms with Gasteiger partial charge >= 0.3 is 0 Å². The first-order valence-corrected chi connectivity index (χ1v) is 5.18. The normalized spacial score (nSPS) is 10.1. The number of nitrogens with zero attached hydrogens (tertiary/aromatic N) is 1. The van der Waals surface area contributed by atoms with Crippen LogP contribution in [0.4, 0.5) is 0 Å². The molecule has 0 spiro atoms. The minimum Gasteiger partial charge on any atom is -0.365 e. The zero-order chi connectivity index (χ0) is 12.1. The number of carbonyl (C=O) groups excluding carboxylic acids is 2. The van der Waals surface area contributed by atoms with Crippen molar-refractivity contribution in [1.82, 2.24) is 0 Å². The smallest absolute Gasteiger partial charge is 0.254 e. The molecule has 0 aliphatic carbocycles. The first-order valence-electron chi connectivity index (χ1n) is 5.18. The number of amides is 2. The fourth-order valence-electron chi connectivity index (χ4n) is 1.38. The van der Waals surface area contributed by atoms with Gasteiger partial charge in [-0.1, -0.05) is 13.3 Å². The summed E-state index contributed by atoms with van der Waals surface area (Å²) in [6, 6.07) is 1.41. The van der Waals surface area contributed by atoms with Crippen LogP contribution in [-0.4, -0.2) is 11.8 Å². The summed E-state index contributed by atoms with van der Waals surface area (Å²) in [6.07, 6.45) is 5.25. The molecule has 1 aromatic rings. The van der Waals surface area contributed by atoms with Crippen LogP contribution < -0.4 is 16.0 Å². The van der Waals surface area contributed by atoms with Crippen LogP contribution in [0.1, 0.15) is 40.5 Å². The molecule has 1 heterocycles. The molecule has 0 unspecified atom stereocenters. The highest BCUT2D eigenvalue weighted by atomic mass is 16.1. The van der Waals surface area contributed by atoms with Crippen molar-refractivity contribution in [3.63, 3.8) is 0 Å². The zero-order valence-corrected chi connectivity index (χ0v) is 9.27. The summed E-state index contributed by atoms with van der Waals surface area (Å²) in [4.78, 5) is 22.1. The molecular weight excluding hydrogens is 206 g/mol. The SMILES string of the molecule is CCCC[n+]1cc(C(N)=O)cc(C(N)=O)c1. The number of rotatable bonds is 5. The third-order valence-electron chi connectivity index (χ3n) is 2.26. The van der Waals surface area contributed by atoms with E-state index in [4.69, 9.17) is 11.5 Å². The third kappa shape index (κ3) is 3.05. The molecule has 0 bridgehead atoms. The number of primary amides is 2. The van der Waals surface area contributed by atoms with Crippen LogP contribution in [0.15, 0.2) is 18.5 Å². The fourth-order valence-corrected chi connectivity index (χ4v) is 1.38. The molecule has 0 fully saturated rings. The molecule has 0 radical (unpaired) electrons. The Hall–Kier alpha value is -1.91. The van der Waals surface area contributed by atoms with E-state index in [-0.39, 0.29) is 0 Å². The van der Waals surface area contributed by atoms with E-state index in [1.54, 1.807) is 17.0 Å². The quantitative estimate of drug-likeness (QED) is 0.685. The lowest BCUT2D eigenvalue weighted by Gasteiger charge is -2.00. The van der Waals surface area contributed by atoms with E-state index in [1.165, 1.54) is 6.07 Å². The molecule has 4 N–H and O–H groups in total. The molecule has 5 heteroatoms. The molecule has 16 heavy (non-hydrogen) atoms. The molecule has 0 aliphatic rings. The summed E-state index contributed by atoms with van der Waals surface area (Å²) in [5.41, 5.74) is 10.9. The summed E-state index contributed by atoms with van der Waals surface area (Å²) < 4.78 is 1.77. The van der Waals surface area contributed by atoms with Crippen molar-refractivity contribution in [1.29, 1.82) is 0 Å². The molecule has 86 valence electrons. The lowest BCUT2D eigenvalue weighted by atomic mass is 10.2. The monoisotopic (exact) mass is 222 g/mol. The molecule has 0 atom stereocenters. The van der Waals surface area contributed by atoms with Gasteiger partial charge in [-0.3, -0.25) is 9.59 Å². The number of aryl methyl sites for hydroxylation is 1. The Morgan fingerprint density at radius 2 is 1.69 bits per heavy atom. The first-order chi connectivity index (χ1) is 7.54. The van der Waals surface area contributed by atoms with Gasteiger partial charge in [-0.05, 0) is 6.07 Å². The van der Waals surface area contributed by atoms with Gasteiger partial charge in [-0.2, -0.15) is 0 Å². The molecule has 0 aliphatic heterocycles. The van der Waals surface area contributed by atoms with Gasteiger partial charge in [0.15, 0.2) is 12.4 Å². The Labute approximate surface area is 94.1 Å². The summed E-state index contributed by atoms with van der Waals surface area (Å²) in [7, 11) is 0. The summed E-state index contributed by atoms with van der Waals surface area (Å²) in [5, 5.41) is 0. The molecule has 1 rings (SSSR count). The fraction of sp³-hybridized carbons (Fsp3) is 0.364. The van der Waals surface area contributed by atoms with E-state index in [0.29, 0.717) is 11.1 Å². The van der Waals surface area contributed by atoms with Crippen molar-refractivity contribution >= 4 is 11.8 Å². The molecule has 0 saturated heterocycles. The second kappa shape index (κ2) is 5.25. The zero-order valence-electron chi connectivity index (χ0n) is 9.27. The van der Waals surface area contributed by atoms with Gasteiger partial charge in [0, 0.05) is 6.42 Å². The maximum absolute atomic E-state index is 11.1. The highest BCUT2D eigenvalue weighted by Gasteiger charge is 2.13. The van der Waals surface area contributed by atoms with Crippen LogP contribution in [0.3, 0.4) is 0 Å². The first kappa shape index (κ1) is 12.2. The molecule has 0 aromatic carbocycles. The van der Waals surface area contributed by atoms with E-state index < -0.39 is 11.8 Å².